The third-order valence-electron chi connectivity index (χ3n) is 10.9. The largest absolute Gasteiger partial charge is 0.353 e. The number of hydrogen-bond donors (Lipinski definition) is 1. The van der Waals surface area contributed by atoms with Crippen LogP contribution in [0.25, 0.3) is 67.4 Å². The lowest BCUT2D eigenvalue weighted by Gasteiger charge is -2.12. The van der Waals surface area contributed by atoms with Crippen molar-refractivity contribution in [3.05, 3.63) is 174 Å². The molecule has 0 saturated carbocycles. The monoisotopic (exact) mass is 900 g/mol. The van der Waals surface area contributed by atoms with Gasteiger partial charge < -0.3 is 14.1 Å². The van der Waals surface area contributed by atoms with Crippen molar-refractivity contribution in [2.24, 2.45) is 4.99 Å². The molecule has 1 aliphatic heterocycles. The molecule has 5 aromatic carbocycles. The van der Waals surface area contributed by atoms with Gasteiger partial charge in [-0.25, -0.2) is 4.99 Å². The van der Waals surface area contributed by atoms with Crippen LogP contribution in [0.1, 0.15) is 40.6 Å². The summed E-state index contributed by atoms with van der Waals surface area (Å²) in [4.78, 5) is 8.88. The number of terminal acetylenes is 2. The first-order valence-electron chi connectivity index (χ1n) is 18.8. The highest BCUT2D eigenvalue weighted by Gasteiger charge is 2.26. The maximum absolute atomic E-state index is 7.14. The van der Waals surface area contributed by atoms with E-state index >= 15 is 0 Å². The number of aliphatic imine (C=N–C) groups is 1. The highest BCUT2D eigenvalue weighted by atomic mass is 127. The lowest BCUT2D eigenvalue weighted by atomic mass is 9.96. The van der Waals surface area contributed by atoms with Gasteiger partial charge in [0.1, 0.15) is 0 Å². The Kier molecular flexibility index (Phi) is 10.00. The second kappa shape index (κ2) is 15.4. The highest BCUT2D eigenvalue weighted by Crippen LogP contribution is 2.41. The molecule has 280 valence electrons. The van der Waals surface area contributed by atoms with Crippen LogP contribution in [0.3, 0.4) is 0 Å². The topological polar surface area (TPSA) is 38.0 Å². The fourth-order valence-electron chi connectivity index (χ4n) is 8.11. The number of nitrogens with one attached hydrogen (secondary N) is 1. The first-order valence-corrected chi connectivity index (χ1v) is 20.7. The van der Waals surface area contributed by atoms with E-state index < -0.39 is 0 Å². The number of H-pyrrole nitrogens is 1. The van der Waals surface area contributed by atoms with Crippen molar-refractivity contribution in [1.82, 2.24) is 14.1 Å². The van der Waals surface area contributed by atoms with Gasteiger partial charge in [-0.1, -0.05) is 108 Å². The summed E-state index contributed by atoms with van der Waals surface area (Å²) >= 11 is 16.6. The molecule has 58 heavy (non-hydrogen) atoms. The number of halogens is 3. The fraction of sp³-hybridized carbons (Fsp3) is 0.0784. The molecule has 0 amide bonds. The molecule has 3 aromatic heterocycles. The van der Waals surface area contributed by atoms with Gasteiger partial charge in [-0.05, 0) is 125 Å². The van der Waals surface area contributed by atoms with E-state index in [9.17, 15) is 0 Å². The molecule has 4 nitrogen and oxygen atoms in total. The standard InChI is InChI=1S/C51H35Cl2IN4/c1-5-27-57-43-13-9-7-11-37(43)39-29-33(17-25-45(39)57)15-23-41-48(52)31(3)50(55-41)47(35-19-21-36(54)22-20-35)51-32(4)49(53)42(56-51)24-16-34-18-26-46-40(30-34)38-12-8-10-14-44(38)58(46)28-6-2/h1-2,7-26,29-30,55H,27-28H2,3-4H3/b23-15+,24-16+,51-47-. The van der Waals surface area contributed by atoms with Gasteiger partial charge >= 0.3 is 0 Å². The van der Waals surface area contributed by atoms with E-state index in [2.05, 4.69) is 158 Å². The van der Waals surface area contributed by atoms with E-state index in [4.69, 9.17) is 41.0 Å². The van der Waals surface area contributed by atoms with Crippen LogP contribution in [-0.2, 0) is 13.1 Å². The van der Waals surface area contributed by atoms with Crippen molar-refractivity contribution < 1.29 is 0 Å². The molecule has 0 unspecified atom stereocenters. The summed E-state index contributed by atoms with van der Waals surface area (Å²) in [6, 6.07) is 38.1. The quantitative estimate of drug-likeness (QED) is 0.117. The highest BCUT2D eigenvalue weighted by molar-refractivity contribution is 14.1. The van der Waals surface area contributed by atoms with E-state index in [1.807, 2.05) is 38.1 Å². The summed E-state index contributed by atoms with van der Waals surface area (Å²) in [7, 11) is 0. The first-order chi connectivity index (χ1) is 28.2. The van der Waals surface area contributed by atoms with E-state index in [1.54, 1.807) is 0 Å². The average molecular weight is 902 g/mol. The van der Waals surface area contributed by atoms with Crippen LogP contribution in [-0.4, -0.2) is 19.8 Å². The average Bonchev–Trinajstić information content (AvgIpc) is 3.92. The summed E-state index contributed by atoms with van der Waals surface area (Å²) in [6.45, 7) is 5.09. The lowest BCUT2D eigenvalue weighted by molar-refractivity contribution is 0.924. The number of rotatable bonds is 8. The Balaban J connectivity index is 1.10. The molecule has 0 fully saturated rings. The normalized spacial score (nSPS) is 14.2. The minimum Gasteiger partial charge on any atom is -0.353 e. The third kappa shape index (κ3) is 6.50. The van der Waals surface area contributed by atoms with Gasteiger partial charge in [0, 0.05) is 41.7 Å². The molecule has 0 spiro atoms. The number of benzene rings is 5. The number of fused-ring (bicyclic) bond motifs is 6. The molecule has 0 saturated heterocycles. The van der Waals surface area contributed by atoms with Crippen LogP contribution in [0.4, 0.5) is 0 Å². The molecular weight excluding hydrogens is 866 g/mol. The Morgan fingerprint density at radius 3 is 1.79 bits per heavy atom. The lowest BCUT2D eigenvalue weighted by Crippen LogP contribution is -1.96. The molecule has 0 radical (unpaired) electrons. The predicted molar refractivity (Wildman–Crippen MR) is 256 cm³/mol. The zero-order valence-electron chi connectivity index (χ0n) is 31.7. The van der Waals surface area contributed by atoms with Crippen LogP contribution in [0.2, 0.25) is 5.02 Å². The minimum absolute atomic E-state index is 0.508. The molecule has 8 aromatic rings. The van der Waals surface area contributed by atoms with Gasteiger partial charge in [-0.2, -0.15) is 0 Å². The van der Waals surface area contributed by atoms with Gasteiger partial charge in [-0.15, -0.1) is 12.8 Å². The Bertz CT molecular complexity index is 3240. The van der Waals surface area contributed by atoms with Crippen molar-refractivity contribution in [3.63, 3.8) is 0 Å². The number of allylic oxidation sites excluding steroid dienone is 3. The number of para-hydroxylation sites is 2. The Morgan fingerprint density at radius 2 is 1.22 bits per heavy atom. The molecule has 1 aliphatic rings. The summed E-state index contributed by atoms with van der Waals surface area (Å²) in [5.74, 6) is 5.61. The maximum atomic E-state index is 7.14. The van der Waals surface area contributed by atoms with Crippen LogP contribution in [0.15, 0.2) is 137 Å². The third-order valence-corrected chi connectivity index (χ3v) is 12.6. The smallest absolute Gasteiger partial charge is 0.0841 e. The molecule has 1 N–H and O–H groups in total. The van der Waals surface area contributed by atoms with Gasteiger partial charge in [-0.3, -0.25) is 0 Å². The van der Waals surface area contributed by atoms with Gasteiger partial charge in [0.05, 0.1) is 57.0 Å². The molecule has 0 atom stereocenters. The van der Waals surface area contributed by atoms with E-state index in [0.29, 0.717) is 28.9 Å². The first kappa shape index (κ1) is 37.6. The van der Waals surface area contributed by atoms with Gasteiger partial charge in [0.25, 0.3) is 0 Å². The second-order valence-corrected chi connectivity index (χ2v) is 16.4. The van der Waals surface area contributed by atoms with E-state index in [1.165, 1.54) is 10.8 Å². The summed E-state index contributed by atoms with van der Waals surface area (Å²) in [5.41, 5.74) is 13.5. The second-order valence-electron chi connectivity index (χ2n) is 14.4. The SMILES string of the molecule is C#CCn1c2ccccc2c2cc(/C=C/C3=NC(=C(/c4ccc(I)cc4)c4[nH]c(/C=C/c5ccc6c(c5)c5ccccc5n6CC#C)c(Cl)c4C)/C(C)=C3Cl)ccc21. The maximum Gasteiger partial charge on any atom is 0.0841 e. The zero-order chi connectivity index (χ0) is 40.1. The van der Waals surface area contributed by atoms with Crippen LogP contribution in [0.5, 0.6) is 0 Å². The molecular formula is C51H35Cl2IN4. The fourth-order valence-corrected chi connectivity index (χ4v) is 8.87. The van der Waals surface area contributed by atoms with Gasteiger partial charge in [0.2, 0.25) is 0 Å². The summed E-state index contributed by atoms with van der Waals surface area (Å²) in [5, 5.41) is 5.90. The summed E-state index contributed by atoms with van der Waals surface area (Å²) < 4.78 is 5.51. The van der Waals surface area contributed by atoms with E-state index in [-0.39, 0.29) is 0 Å². The van der Waals surface area contributed by atoms with Crippen LogP contribution < -0.4 is 0 Å². The number of nitrogens with zero attached hydrogens (tertiary/aromatic N) is 3. The van der Waals surface area contributed by atoms with Crippen LogP contribution >= 0.6 is 45.8 Å². The van der Waals surface area contributed by atoms with E-state index in [0.717, 1.165) is 86.9 Å². The summed E-state index contributed by atoms with van der Waals surface area (Å²) in [6.07, 6.45) is 19.7. The molecule has 0 aliphatic carbocycles. The molecule has 9 rings (SSSR count). The minimum atomic E-state index is 0.508. The van der Waals surface area contributed by atoms with Crippen molar-refractivity contribution in [2.75, 3.05) is 0 Å². The Morgan fingerprint density at radius 1 is 0.690 bits per heavy atom. The molecule has 7 heteroatoms. The van der Waals surface area contributed by atoms with Crippen molar-refractivity contribution in [3.8, 4) is 24.7 Å². The van der Waals surface area contributed by atoms with Crippen molar-refractivity contribution in [1.29, 1.82) is 0 Å². The number of aromatic nitrogens is 3. The Labute approximate surface area is 361 Å². The zero-order valence-corrected chi connectivity index (χ0v) is 35.4. The predicted octanol–water partition coefficient (Wildman–Crippen LogP) is 13.7. The molecule has 0 bridgehead atoms. The Hall–Kier alpha value is -5.96. The number of hydrogen-bond acceptors (Lipinski definition) is 1. The van der Waals surface area contributed by atoms with Crippen LogP contribution in [0, 0.1) is 35.2 Å². The van der Waals surface area contributed by atoms with Crippen molar-refractivity contribution in [2.45, 2.75) is 26.9 Å². The number of aromatic amines is 1. The van der Waals surface area contributed by atoms with Crippen molar-refractivity contribution >= 4 is 119 Å². The molecule has 4 heterocycles. The van der Waals surface area contributed by atoms with Gasteiger partial charge in [0.15, 0.2) is 0 Å².